The summed E-state index contributed by atoms with van der Waals surface area (Å²) >= 11 is 0. The Hall–Kier alpha value is -1.42. The molecule has 0 saturated heterocycles. The van der Waals surface area contributed by atoms with E-state index in [1.54, 1.807) is 0 Å². The second-order valence-electron chi connectivity index (χ2n) is 3.48. The minimum Gasteiger partial charge on any atom is -0.748 e. The number of rotatable bonds is 4. The largest absolute Gasteiger partial charge is 0.748 e. The molecule has 1 aromatic rings. The Morgan fingerprint density at radius 2 is 2.00 bits per heavy atom. The third-order valence-corrected chi connectivity index (χ3v) is 2.77. The fraction of sp³-hybridized carbons (Fsp3) is 0.500. The van der Waals surface area contributed by atoms with E-state index < -0.39 is 28.0 Å². The van der Waals surface area contributed by atoms with E-state index in [1.165, 1.54) is 10.8 Å². The van der Waals surface area contributed by atoms with Gasteiger partial charge in [0.05, 0.1) is 16.7 Å². The van der Waals surface area contributed by atoms with Gasteiger partial charge in [0.15, 0.2) is 0 Å². The Morgan fingerprint density at radius 1 is 1.39 bits per heavy atom. The molecule has 1 aromatic heterocycles. The Kier molecular flexibility index (Phi) is 4.12. The monoisotopic (exact) mass is 286 g/mol. The van der Waals surface area contributed by atoms with E-state index >= 15 is 0 Å². The van der Waals surface area contributed by atoms with E-state index in [0.717, 1.165) is 12.5 Å². The number of hydrogen-bond donors (Lipinski definition) is 0. The van der Waals surface area contributed by atoms with Crippen LogP contribution < -0.4 is 4.57 Å². The number of aromatic nitrogens is 2. The molecule has 0 N–H and O–H groups in total. The summed E-state index contributed by atoms with van der Waals surface area (Å²) in [5.41, 5.74) is 0. The molecule has 18 heavy (non-hydrogen) atoms. The van der Waals surface area contributed by atoms with E-state index in [4.69, 9.17) is 0 Å². The number of nitrogens with zero attached hydrogens (tertiary/aromatic N) is 2. The van der Waals surface area contributed by atoms with Gasteiger partial charge in [-0.1, -0.05) is 0 Å². The first-order chi connectivity index (χ1) is 8.09. The van der Waals surface area contributed by atoms with Crippen molar-refractivity contribution in [3.05, 3.63) is 18.7 Å². The van der Waals surface area contributed by atoms with E-state index in [2.05, 4.69) is 0 Å². The zero-order chi connectivity index (χ0) is 14.0. The summed E-state index contributed by atoms with van der Waals surface area (Å²) in [4.78, 5) is 10.8. The minimum atomic E-state index is -4.98. The summed E-state index contributed by atoms with van der Waals surface area (Å²) in [6.07, 6.45) is -2.05. The first kappa shape index (κ1) is 14.6. The van der Waals surface area contributed by atoms with Crippen LogP contribution >= 0.6 is 0 Å². The average Bonchev–Trinajstić information content (AvgIpc) is 2.61. The molecule has 0 aliphatic carbocycles. The van der Waals surface area contributed by atoms with Crippen molar-refractivity contribution in [2.24, 2.45) is 0 Å². The van der Waals surface area contributed by atoms with Crippen LogP contribution in [0.25, 0.3) is 0 Å². The summed E-state index contributed by atoms with van der Waals surface area (Å²) in [7, 11) is -4.34. The molecule has 0 aliphatic rings. The highest BCUT2D eigenvalue weighted by Gasteiger charge is 2.44. The molecule has 0 fully saturated rings. The van der Waals surface area contributed by atoms with Crippen molar-refractivity contribution >= 4 is 16.0 Å². The van der Waals surface area contributed by atoms with Gasteiger partial charge in [-0.2, -0.15) is 17.7 Å². The number of aryl methyl sites for hydroxylation is 1. The Balaban J connectivity index is 2.62. The van der Waals surface area contributed by atoms with E-state index in [0.29, 0.717) is 4.57 Å². The molecule has 0 radical (unpaired) electrons. The molecule has 0 aromatic carbocycles. The van der Waals surface area contributed by atoms with Crippen molar-refractivity contribution < 1.29 is 35.5 Å². The van der Waals surface area contributed by atoms with Crippen molar-refractivity contribution in [3.8, 4) is 0 Å². The van der Waals surface area contributed by atoms with Crippen LogP contribution in [0.15, 0.2) is 18.7 Å². The van der Waals surface area contributed by atoms with Crippen molar-refractivity contribution in [2.45, 2.75) is 19.1 Å². The Labute approximate surface area is 100 Å². The van der Waals surface area contributed by atoms with Gasteiger partial charge in [0.2, 0.25) is 0 Å². The van der Waals surface area contributed by atoms with Crippen LogP contribution in [0.2, 0.25) is 0 Å². The van der Waals surface area contributed by atoms with Crippen molar-refractivity contribution in [2.75, 3.05) is 5.75 Å². The maximum Gasteiger partial charge on any atom is 0.495 e. The van der Waals surface area contributed by atoms with Gasteiger partial charge < -0.3 is 4.55 Å². The molecule has 102 valence electrons. The van der Waals surface area contributed by atoms with Gasteiger partial charge in [-0.3, -0.25) is 0 Å². The summed E-state index contributed by atoms with van der Waals surface area (Å²) in [5, 5.41) is 0. The van der Waals surface area contributed by atoms with Crippen LogP contribution in [0.3, 0.4) is 0 Å². The number of hydrogen-bond acceptors (Lipinski definition) is 4. The van der Waals surface area contributed by atoms with E-state index in [1.807, 2.05) is 0 Å². The van der Waals surface area contributed by atoms with Gasteiger partial charge in [-0.15, -0.1) is 0 Å². The summed E-state index contributed by atoms with van der Waals surface area (Å²) < 4.78 is 68.6. The van der Waals surface area contributed by atoms with Gasteiger partial charge in [0, 0.05) is 5.75 Å². The molecular weight excluding hydrogens is 277 g/mol. The number of halogens is 3. The molecule has 6 nitrogen and oxygen atoms in total. The normalized spacial score (nSPS) is 12.7. The second kappa shape index (κ2) is 5.06. The summed E-state index contributed by atoms with van der Waals surface area (Å²) in [6, 6.07) is 0. The van der Waals surface area contributed by atoms with Gasteiger partial charge in [0.25, 0.3) is 6.33 Å². The maximum absolute atomic E-state index is 12.1. The minimum absolute atomic E-state index is 0.0274. The van der Waals surface area contributed by atoms with Gasteiger partial charge >= 0.3 is 12.1 Å². The lowest BCUT2D eigenvalue weighted by Gasteiger charge is -2.04. The Bertz CT molecular complexity index is 535. The lowest BCUT2D eigenvalue weighted by Crippen LogP contribution is -2.34. The van der Waals surface area contributed by atoms with Crippen LogP contribution in [0.1, 0.15) is 11.2 Å². The van der Waals surface area contributed by atoms with Crippen molar-refractivity contribution in [1.29, 1.82) is 0 Å². The Morgan fingerprint density at radius 3 is 2.50 bits per heavy atom. The zero-order valence-electron chi connectivity index (χ0n) is 8.92. The fourth-order valence-electron chi connectivity index (χ4n) is 1.22. The molecule has 0 saturated carbocycles. The topological polar surface area (TPSA) is 83.1 Å². The average molecular weight is 286 g/mol. The highest BCUT2D eigenvalue weighted by atomic mass is 32.2. The number of carbonyl (C=O) groups excluding carboxylic acids is 1. The number of alkyl halides is 3. The van der Waals surface area contributed by atoms with Crippen molar-refractivity contribution in [3.63, 3.8) is 0 Å². The lowest BCUT2D eigenvalue weighted by molar-refractivity contribution is -0.696. The van der Waals surface area contributed by atoms with Crippen LogP contribution in [0, 0.1) is 0 Å². The first-order valence-corrected chi connectivity index (χ1v) is 6.29. The zero-order valence-corrected chi connectivity index (χ0v) is 9.74. The molecule has 1 rings (SSSR count). The molecule has 0 unspecified atom stereocenters. The van der Waals surface area contributed by atoms with E-state index in [-0.39, 0.29) is 13.0 Å². The molecule has 0 amide bonds. The SMILES string of the molecule is O=C(n1cc[n+](CCCS(=O)(=O)[O-])c1)C(F)(F)F. The molecule has 10 heteroatoms. The fourth-order valence-corrected chi connectivity index (χ4v) is 1.70. The smallest absolute Gasteiger partial charge is 0.495 e. The highest BCUT2D eigenvalue weighted by Crippen LogP contribution is 2.16. The van der Waals surface area contributed by atoms with Crippen molar-refractivity contribution in [1.82, 2.24) is 4.57 Å². The number of imidazole rings is 1. The summed E-state index contributed by atoms with van der Waals surface area (Å²) in [6.45, 7) is 0.0274. The van der Waals surface area contributed by atoms with Crippen LogP contribution in [0.5, 0.6) is 0 Å². The third kappa shape index (κ3) is 4.45. The number of carbonyl (C=O) groups is 1. The molecule has 0 atom stereocenters. The van der Waals surface area contributed by atoms with Crippen LogP contribution in [-0.2, 0) is 16.7 Å². The van der Waals surface area contributed by atoms with Gasteiger partial charge in [-0.05, 0) is 6.42 Å². The molecule has 1 heterocycles. The maximum atomic E-state index is 12.1. The lowest BCUT2D eigenvalue weighted by atomic mass is 10.5. The predicted octanol–water partition coefficient (Wildman–Crippen LogP) is -0.0866. The highest BCUT2D eigenvalue weighted by molar-refractivity contribution is 7.85. The summed E-state index contributed by atoms with van der Waals surface area (Å²) in [5.74, 6) is -2.66. The second-order valence-corrected chi connectivity index (χ2v) is 5.00. The van der Waals surface area contributed by atoms with Crippen LogP contribution in [0.4, 0.5) is 13.2 Å². The predicted molar refractivity (Wildman–Crippen MR) is 50.5 cm³/mol. The van der Waals surface area contributed by atoms with Gasteiger partial charge in [-0.25, -0.2) is 17.8 Å². The first-order valence-electron chi connectivity index (χ1n) is 4.72. The molecule has 0 aliphatic heterocycles. The quantitative estimate of drug-likeness (QED) is 0.572. The third-order valence-electron chi connectivity index (χ3n) is 1.98. The molecule has 0 spiro atoms. The molecule has 0 bridgehead atoms. The molecular formula is C8H9F3N2O4S. The van der Waals surface area contributed by atoms with Gasteiger partial charge in [0.1, 0.15) is 12.4 Å². The standard InChI is InChI=1S/C8H9F3N2O4S/c9-8(10,11)7(14)13-4-3-12(6-13)2-1-5-18(15,16)17/h3-4,6H,1-2,5H2. The van der Waals surface area contributed by atoms with E-state index in [9.17, 15) is 30.9 Å². The van der Waals surface area contributed by atoms with Crippen LogP contribution in [-0.4, -0.2) is 35.4 Å².